The fourth-order valence-corrected chi connectivity index (χ4v) is 7.23. The van der Waals surface area contributed by atoms with E-state index in [0.29, 0.717) is 0 Å². The van der Waals surface area contributed by atoms with E-state index in [1.165, 1.54) is 83.6 Å². The number of rotatable bonds is 8. The van der Waals surface area contributed by atoms with Gasteiger partial charge in [-0.15, -0.1) is 0 Å². The molecule has 5 aromatic carbocycles. The minimum Gasteiger partial charge on any atom is -0.378 e. The van der Waals surface area contributed by atoms with E-state index in [1.807, 2.05) is 0 Å². The molecule has 0 spiro atoms. The Hall–Kier alpha value is -5.94. The molecule has 0 unspecified atom stereocenters. The molecule has 260 valence electrons. The van der Waals surface area contributed by atoms with Crippen molar-refractivity contribution in [2.45, 2.75) is 0 Å². The largest absolute Gasteiger partial charge is 0.378 e. The molecule has 0 radical (unpaired) electrons. The zero-order valence-corrected chi connectivity index (χ0v) is 31.7. The van der Waals surface area contributed by atoms with Crippen LogP contribution in [0.3, 0.4) is 0 Å². The Morgan fingerprint density at radius 2 is 1.12 bits per heavy atom. The Morgan fingerprint density at radius 1 is 0.577 bits per heavy atom. The second-order valence-electron chi connectivity index (χ2n) is 14.4. The number of allylic oxidation sites excluding steroid dienone is 5. The minimum absolute atomic E-state index is 0.766. The molecular formula is C47H49N5+2. The van der Waals surface area contributed by atoms with Gasteiger partial charge in [0, 0.05) is 83.1 Å². The molecule has 0 N–H and O–H groups in total. The fraction of sp³-hybridized carbons (Fsp3) is 0.191. The summed E-state index contributed by atoms with van der Waals surface area (Å²) in [6.07, 6.45) is 8.90. The molecule has 7 rings (SSSR count). The molecular weight excluding hydrogens is 635 g/mol. The first-order chi connectivity index (χ1) is 25.1. The van der Waals surface area contributed by atoms with Gasteiger partial charge in [0.25, 0.3) is 0 Å². The van der Waals surface area contributed by atoms with E-state index in [0.717, 1.165) is 6.54 Å². The summed E-state index contributed by atoms with van der Waals surface area (Å²) in [5, 5.41) is 2.45. The Bertz CT molecular complexity index is 2370. The van der Waals surface area contributed by atoms with Gasteiger partial charge in [-0.05, 0) is 105 Å². The van der Waals surface area contributed by atoms with Crippen molar-refractivity contribution in [1.82, 2.24) is 4.58 Å². The summed E-state index contributed by atoms with van der Waals surface area (Å²) < 4.78 is 4.44. The SMILES string of the molecule is CN(C)c1ccc(C(CN(C)c2ccc(C(c3ccc(N(C)C)cc3)=c3ccc4c(c3)-c3ccccc3[N+]=4C)cc2)=C2C=CC(=[N+](C)C)C=C2)cc1. The van der Waals surface area contributed by atoms with Crippen LogP contribution < -0.4 is 29.9 Å². The molecule has 5 nitrogen and oxygen atoms in total. The predicted molar refractivity (Wildman–Crippen MR) is 223 cm³/mol. The van der Waals surface area contributed by atoms with Gasteiger partial charge in [0.2, 0.25) is 11.0 Å². The lowest BCUT2D eigenvalue weighted by atomic mass is 9.93. The van der Waals surface area contributed by atoms with E-state index in [1.54, 1.807) is 0 Å². The van der Waals surface area contributed by atoms with Crippen molar-refractivity contribution < 1.29 is 4.58 Å². The first kappa shape index (κ1) is 34.5. The number of hydrogen-bond donors (Lipinski definition) is 0. The van der Waals surface area contributed by atoms with E-state index in [-0.39, 0.29) is 0 Å². The minimum atomic E-state index is 0.766. The highest BCUT2D eigenvalue weighted by atomic mass is 15.1. The van der Waals surface area contributed by atoms with Gasteiger partial charge in [-0.2, -0.15) is 4.58 Å². The van der Waals surface area contributed by atoms with Gasteiger partial charge in [-0.25, -0.2) is 4.58 Å². The molecule has 2 aliphatic rings. The number of para-hydroxylation sites is 1. The second-order valence-corrected chi connectivity index (χ2v) is 14.4. The van der Waals surface area contributed by atoms with Crippen molar-refractivity contribution in [2.24, 2.45) is 0 Å². The van der Waals surface area contributed by atoms with Crippen LogP contribution in [0.4, 0.5) is 22.7 Å². The summed E-state index contributed by atoms with van der Waals surface area (Å²) in [5.74, 6) is 0. The molecule has 0 atom stereocenters. The van der Waals surface area contributed by atoms with Crippen molar-refractivity contribution in [1.29, 1.82) is 0 Å². The molecule has 0 amide bonds. The maximum Gasteiger partial charge on any atom is 0.213 e. The standard InChI is InChI=1S/C47H49N5/c1-48(2)38-22-13-33(14-23-38)44(34-15-24-39(25-16-34)49(3)4)32-51(7)41-28-19-36(20-29-41)47(35-17-26-40(27-18-35)50(5)6)37-21-30-46-43(31-37)42-11-9-10-12-45(42)52(46)8/h9-31H,32H2,1-8H3/q+2. The lowest BCUT2D eigenvalue weighted by molar-refractivity contribution is -0.462. The average molecular weight is 684 g/mol. The lowest BCUT2D eigenvalue weighted by Gasteiger charge is -2.24. The van der Waals surface area contributed by atoms with Gasteiger partial charge in [0.1, 0.15) is 21.1 Å². The van der Waals surface area contributed by atoms with Crippen LogP contribution in [0.25, 0.3) is 22.3 Å². The zero-order chi connectivity index (χ0) is 36.5. The van der Waals surface area contributed by atoms with Crippen LogP contribution in [0, 0.1) is 0 Å². The molecule has 52 heavy (non-hydrogen) atoms. The number of benzene rings is 5. The van der Waals surface area contributed by atoms with Crippen molar-refractivity contribution in [2.75, 3.05) is 77.6 Å². The van der Waals surface area contributed by atoms with E-state index >= 15 is 0 Å². The normalized spacial score (nSPS) is 13.5. The van der Waals surface area contributed by atoms with Crippen LogP contribution in [0.5, 0.6) is 0 Å². The van der Waals surface area contributed by atoms with Crippen LogP contribution in [-0.4, -0.2) is 73.2 Å². The molecule has 5 heteroatoms. The van der Waals surface area contributed by atoms with Crippen molar-refractivity contribution in [3.63, 3.8) is 0 Å². The van der Waals surface area contributed by atoms with Crippen LogP contribution in [0.2, 0.25) is 0 Å². The van der Waals surface area contributed by atoms with Gasteiger partial charge < -0.3 is 14.7 Å². The third-order valence-corrected chi connectivity index (χ3v) is 10.3. The summed E-state index contributed by atoms with van der Waals surface area (Å²) in [6, 6.07) is 42.5. The van der Waals surface area contributed by atoms with Gasteiger partial charge in [0.05, 0.1) is 11.1 Å². The highest BCUT2D eigenvalue weighted by molar-refractivity contribution is 6.03. The molecule has 0 bridgehead atoms. The summed E-state index contributed by atoms with van der Waals surface area (Å²) in [5.41, 5.74) is 15.9. The number of likely N-dealkylation sites (N-methyl/N-ethyl adjacent to an activating group) is 1. The third kappa shape index (κ3) is 6.74. The lowest BCUT2D eigenvalue weighted by Crippen LogP contribution is -2.21. The second kappa shape index (κ2) is 14.4. The number of nitrogens with zero attached hydrogens (tertiary/aromatic N) is 5. The van der Waals surface area contributed by atoms with Crippen molar-refractivity contribution in [3.05, 3.63) is 172 Å². The molecule has 1 aliphatic heterocycles. The Labute approximate surface area is 309 Å². The molecule has 0 fully saturated rings. The molecule has 0 aromatic heterocycles. The number of hydrogen-bond acceptors (Lipinski definition) is 3. The molecule has 0 saturated carbocycles. The van der Waals surface area contributed by atoms with E-state index in [2.05, 4.69) is 220 Å². The molecule has 1 aliphatic carbocycles. The average Bonchev–Trinajstić information content (AvgIpc) is 3.45. The maximum atomic E-state index is 2.37. The summed E-state index contributed by atoms with van der Waals surface area (Å²) in [7, 11) is 16.9. The monoisotopic (exact) mass is 683 g/mol. The first-order valence-corrected chi connectivity index (χ1v) is 17.9. The molecule has 5 aromatic rings. The van der Waals surface area contributed by atoms with E-state index in [4.69, 9.17) is 0 Å². The van der Waals surface area contributed by atoms with Crippen LogP contribution >= 0.6 is 0 Å². The Balaban J connectivity index is 1.28. The first-order valence-electron chi connectivity index (χ1n) is 17.9. The fourth-order valence-electron chi connectivity index (χ4n) is 7.23. The van der Waals surface area contributed by atoms with Crippen LogP contribution in [0.1, 0.15) is 16.7 Å². The summed E-state index contributed by atoms with van der Waals surface area (Å²) >= 11 is 0. The number of fused-ring (bicyclic) bond motifs is 3. The van der Waals surface area contributed by atoms with Gasteiger partial charge in [-0.3, -0.25) is 0 Å². The van der Waals surface area contributed by atoms with Gasteiger partial charge in [0.15, 0.2) is 5.71 Å². The third-order valence-electron chi connectivity index (χ3n) is 10.3. The topological polar surface area (TPSA) is 15.7 Å². The highest BCUT2D eigenvalue weighted by Gasteiger charge is 2.24. The number of anilines is 3. The smallest absolute Gasteiger partial charge is 0.213 e. The quantitative estimate of drug-likeness (QED) is 0.161. The van der Waals surface area contributed by atoms with E-state index in [9.17, 15) is 0 Å². The van der Waals surface area contributed by atoms with Crippen molar-refractivity contribution in [3.8, 4) is 11.1 Å². The van der Waals surface area contributed by atoms with Gasteiger partial charge >= 0.3 is 0 Å². The van der Waals surface area contributed by atoms with Crippen LogP contribution in [-0.2, 0) is 0 Å². The maximum absolute atomic E-state index is 2.37. The van der Waals surface area contributed by atoms with Gasteiger partial charge in [-0.1, -0.05) is 48.5 Å². The zero-order valence-electron chi connectivity index (χ0n) is 31.7. The highest BCUT2D eigenvalue weighted by Crippen LogP contribution is 2.32. The Morgan fingerprint density at radius 3 is 1.67 bits per heavy atom. The van der Waals surface area contributed by atoms with E-state index < -0.39 is 0 Å². The van der Waals surface area contributed by atoms with Crippen molar-refractivity contribution >= 4 is 39.6 Å². The van der Waals surface area contributed by atoms with Crippen LogP contribution in [0.15, 0.2) is 145 Å². The predicted octanol–water partition coefficient (Wildman–Crippen LogP) is 7.23. The Kier molecular flexibility index (Phi) is 9.53. The summed E-state index contributed by atoms with van der Waals surface area (Å²) in [4.78, 5) is 6.65. The summed E-state index contributed by atoms with van der Waals surface area (Å²) in [6.45, 7) is 0.766. The molecule has 1 heterocycles. The molecule has 0 saturated heterocycles.